The molecule has 1 unspecified atom stereocenters. The summed E-state index contributed by atoms with van der Waals surface area (Å²) in [5.41, 5.74) is -0.220. The molecule has 1 aromatic carbocycles. The first kappa shape index (κ1) is 13.5. The zero-order valence-corrected chi connectivity index (χ0v) is 11.6. The summed E-state index contributed by atoms with van der Waals surface area (Å²) in [6, 6.07) is 3.93. The number of nitrogens with one attached hydrogen (secondary N) is 1. The van der Waals surface area contributed by atoms with Crippen molar-refractivity contribution in [3.05, 3.63) is 34.1 Å². The van der Waals surface area contributed by atoms with E-state index < -0.39 is 11.4 Å². The monoisotopic (exact) mass is 315 g/mol. The number of benzene rings is 1. The van der Waals surface area contributed by atoms with Crippen molar-refractivity contribution >= 4 is 21.8 Å². The molecule has 18 heavy (non-hydrogen) atoms. The molecule has 1 aliphatic carbocycles. The van der Waals surface area contributed by atoms with Gasteiger partial charge in [0.1, 0.15) is 5.82 Å². The number of hydrogen-bond acceptors (Lipinski definition) is 2. The number of halogens is 2. The van der Waals surface area contributed by atoms with E-state index in [1.807, 2.05) is 6.92 Å². The molecule has 1 aliphatic rings. The topological polar surface area (TPSA) is 49.3 Å². The Morgan fingerprint density at radius 3 is 2.78 bits per heavy atom. The van der Waals surface area contributed by atoms with Crippen LogP contribution < -0.4 is 5.32 Å². The summed E-state index contributed by atoms with van der Waals surface area (Å²) in [7, 11) is 0. The second-order valence-electron chi connectivity index (χ2n) is 4.93. The Labute approximate surface area is 114 Å². The first-order chi connectivity index (χ1) is 8.46. The number of carbonyl (C=O) groups is 1. The SMILES string of the molecule is CC(CO)(NC(=O)c1ccc(F)cc1Br)C1CC1. The maximum absolute atomic E-state index is 13.0. The van der Waals surface area contributed by atoms with Crippen LogP contribution in [0.2, 0.25) is 0 Å². The number of amides is 1. The van der Waals surface area contributed by atoms with E-state index in [0.29, 0.717) is 16.0 Å². The molecule has 2 N–H and O–H groups in total. The molecule has 1 saturated carbocycles. The van der Waals surface area contributed by atoms with Crippen LogP contribution >= 0.6 is 15.9 Å². The fourth-order valence-electron chi connectivity index (χ4n) is 1.99. The lowest BCUT2D eigenvalue weighted by atomic mass is 9.96. The Morgan fingerprint density at radius 2 is 2.28 bits per heavy atom. The van der Waals surface area contributed by atoms with Gasteiger partial charge in [0.2, 0.25) is 0 Å². The molecule has 0 bridgehead atoms. The smallest absolute Gasteiger partial charge is 0.252 e. The number of aliphatic hydroxyl groups excluding tert-OH is 1. The van der Waals surface area contributed by atoms with Gasteiger partial charge in [-0.05, 0) is 59.8 Å². The van der Waals surface area contributed by atoms with Crippen LogP contribution in [0.3, 0.4) is 0 Å². The van der Waals surface area contributed by atoms with Crippen LogP contribution in [-0.4, -0.2) is 23.2 Å². The van der Waals surface area contributed by atoms with Gasteiger partial charge in [-0.1, -0.05) is 0 Å². The van der Waals surface area contributed by atoms with Crippen LogP contribution in [0, 0.1) is 11.7 Å². The number of aliphatic hydroxyl groups is 1. The van der Waals surface area contributed by atoms with Gasteiger partial charge in [0, 0.05) is 4.47 Å². The van der Waals surface area contributed by atoms with E-state index in [1.54, 1.807) is 0 Å². The third-order valence-electron chi connectivity index (χ3n) is 3.38. The van der Waals surface area contributed by atoms with Crippen molar-refractivity contribution < 1.29 is 14.3 Å². The van der Waals surface area contributed by atoms with Gasteiger partial charge in [0.05, 0.1) is 17.7 Å². The minimum absolute atomic E-state index is 0.0950. The Morgan fingerprint density at radius 1 is 1.61 bits per heavy atom. The fourth-order valence-corrected chi connectivity index (χ4v) is 2.52. The van der Waals surface area contributed by atoms with E-state index in [9.17, 15) is 14.3 Å². The Balaban J connectivity index is 2.16. The van der Waals surface area contributed by atoms with E-state index in [-0.39, 0.29) is 12.5 Å². The Kier molecular flexibility index (Phi) is 3.73. The summed E-state index contributed by atoms with van der Waals surface area (Å²) in [6.45, 7) is 1.74. The van der Waals surface area contributed by atoms with Gasteiger partial charge in [0.25, 0.3) is 5.91 Å². The highest BCUT2D eigenvalue weighted by Crippen LogP contribution is 2.39. The molecule has 0 radical (unpaired) electrons. The molecule has 1 aromatic rings. The molecule has 5 heteroatoms. The van der Waals surface area contributed by atoms with E-state index in [0.717, 1.165) is 12.8 Å². The van der Waals surface area contributed by atoms with Crippen LogP contribution in [0.4, 0.5) is 4.39 Å². The van der Waals surface area contributed by atoms with E-state index in [2.05, 4.69) is 21.2 Å². The number of rotatable bonds is 4. The molecule has 0 aliphatic heterocycles. The molecular formula is C13H15BrFNO2. The maximum atomic E-state index is 13.0. The standard InChI is InChI=1S/C13H15BrFNO2/c1-13(7-17,8-2-3-8)16-12(18)10-5-4-9(15)6-11(10)14/h4-6,8,17H,2-3,7H2,1H3,(H,16,18). The summed E-state index contributed by atoms with van der Waals surface area (Å²) < 4.78 is 13.4. The van der Waals surface area contributed by atoms with Gasteiger partial charge in [-0.2, -0.15) is 0 Å². The summed E-state index contributed by atoms with van der Waals surface area (Å²) in [5, 5.41) is 12.3. The van der Waals surface area contributed by atoms with Crippen molar-refractivity contribution in [1.82, 2.24) is 5.32 Å². The molecule has 2 rings (SSSR count). The lowest BCUT2D eigenvalue weighted by Crippen LogP contribution is -2.50. The van der Waals surface area contributed by atoms with Crippen molar-refractivity contribution in [3.63, 3.8) is 0 Å². The lowest BCUT2D eigenvalue weighted by Gasteiger charge is -2.29. The van der Waals surface area contributed by atoms with Crippen molar-refractivity contribution in [2.75, 3.05) is 6.61 Å². The van der Waals surface area contributed by atoms with Crippen LogP contribution in [-0.2, 0) is 0 Å². The van der Waals surface area contributed by atoms with Gasteiger partial charge in [-0.25, -0.2) is 4.39 Å². The van der Waals surface area contributed by atoms with Crippen molar-refractivity contribution in [2.45, 2.75) is 25.3 Å². The summed E-state index contributed by atoms with van der Waals surface area (Å²) in [5.74, 6) is -0.374. The lowest BCUT2D eigenvalue weighted by molar-refractivity contribution is 0.0823. The third kappa shape index (κ3) is 2.72. The predicted molar refractivity (Wildman–Crippen MR) is 69.8 cm³/mol. The molecule has 3 nitrogen and oxygen atoms in total. The van der Waals surface area contributed by atoms with Crippen molar-refractivity contribution in [2.24, 2.45) is 5.92 Å². The van der Waals surface area contributed by atoms with Crippen LogP contribution in [0.15, 0.2) is 22.7 Å². The zero-order valence-electron chi connectivity index (χ0n) is 10.0. The third-order valence-corrected chi connectivity index (χ3v) is 4.04. The highest BCUT2D eigenvalue weighted by molar-refractivity contribution is 9.10. The number of carbonyl (C=O) groups excluding carboxylic acids is 1. The Bertz CT molecular complexity index is 476. The van der Waals surface area contributed by atoms with Crippen molar-refractivity contribution in [3.8, 4) is 0 Å². The average Bonchev–Trinajstić information content (AvgIpc) is 3.12. The van der Waals surface area contributed by atoms with E-state index >= 15 is 0 Å². The molecule has 0 heterocycles. The summed E-state index contributed by atoms with van der Waals surface area (Å²) in [6.07, 6.45) is 2.03. The highest BCUT2D eigenvalue weighted by Gasteiger charge is 2.42. The Hall–Kier alpha value is -0.940. The minimum atomic E-state index is -0.592. The van der Waals surface area contributed by atoms with Crippen LogP contribution in [0.5, 0.6) is 0 Å². The molecular weight excluding hydrogens is 301 g/mol. The first-order valence-electron chi connectivity index (χ1n) is 5.85. The van der Waals surface area contributed by atoms with E-state index in [4.69, 9.17) is 0 Å². The minimum Gasteiger partial charge on any atom is -0.394 e. The molecule has 0 aromatic heterocycles. The molecule has 0 saturated heterocycles. The molecule has 1 atom stereocenters. The van der Waals surface area contributed by atoms with Gasteiger partial charge in [-0.3, -0.25) is 4.79 Å². The molecule has 1 amide bonds. The van der Waals surface area contributed by atoms with Crippen molar-refractivity contribution in [1.29, 1.82) is 0 Å². The molecule has 0 spiro atoms. The van der Waals surface area contributed by atoms with E-state index in [1.165, 1.54) is 18.2 Å². The largest absolute Gasteiger partial charge is 0.394 e. The normalized spacial score (nSPS) is 18.2. The van der Waals surface area contributed by atoms with Gasteiger partial charge in [-0.15, -0.1) is 0 Å². The van der Waals surface area contributed by atoms with Crippen LogP contribution in [0.25, 0.3) is 0 Å². The predicted octanol–water partition coefficient (Wildman–Crippen LogP) is 2.48. The second-order valence-corrected chi connectivity index (χ2v) is 5.78. The summed E-state index contributed by atoms with van der Waals surface area (Å²) in [4.78, 5) is 12.1. The van der Waals surface area contributed by atoms with Gasteiger partial charge in [0.15, 0.2) is 0 Å². The maximum Gasteiger partial charge on any atom is 0.252 e. The molecule has 98 valence electrons. The first-order valence-corrected chi connectivity index (χ1v) is 6.64. The number of hydrogen-bond donors (Lipinski definition) is 2. The zero-order chi connectivity index (χ0) is 13.3. The second kappa shape index (κ2) is 4.97. The van der Waals surface area contributed by atoms with Crippen LogP contribution in [0.1, 0.15) is 30.1 Å². The quantitative estimate of drug-likeness (QED) is 0.896. The fraction of sp³-hybridized carbons (Fsp3) is 0.462. The van der Waals surface area contributed by atoms with Gasteiger partial charge < -0.3 is 10.4 Å². The summed E-state index contributed by atoms with van der Waals surface area (Å²) >= 11 is 3.17. The average molecular weight is 316 g/mol. The molecule has 1 fully saturated rings. The highest BCUT2D eigenvalue weighted by atomic mass is 79.9. The van der Waals surface area contributed by atoms with Gasteiger partial charge >= 0.3 is 0 Å².